The van der Waals surface area contributed by atoms with Gasteiger partial charge in [-0.15, -0.1) is 0 Å². The first-order chi connectivity index (χ1) is 28.4. The molecular weight excluding hydrogens is 779 g/mol. The van der Waals surface area contributed by atoms with Crippen molar-refractivity contribution in [2.45, 2.75) is 211 Å². The minimum Gasteiger partial charge on any atom is -0.462 e. The Morgan fingerprint density at radius 3 is 1.46 bits per heavy atom. The van der Waals surface area contributed by atoms with Crippen molar-refractivity contribution in [2.24, 2.45) is 0 Å². The van der Waals surface area contributed by atoms with E-state index >= 15 is 0 Å². The summed E-state index contributed by atoms with van der Waals surface area (Å²) in [5.74, 6) is -1.37. The summed E-state index contributed by atoms with van der Waals surface area (Å²) in [6.07, 6.45) is 28.0. The summed E-state index contributed by atoms with van der Waals surface area (Å²) >= 11 is 0. The Bertz CT molecular complexity index is 1220. The maximum Gasteiger partial charge on any atom is 0.472 e. The number of hydrogen-bond donors (Lipinski definition) is 6. The number of ether oxygens (including phenoxy) is 2. The molecule has 0 bridgehead atoms. The van der Waals surface area contributed by atoms with Crippen LogP contribution in [0.2, 0.25) is 0 Å². The average molecular weight is 859 g/mol. The fraction of sp³-hybridized carbons (Fsp3) is 0.778. The number of rotatable bonds is 36. The molecule has 1 aliphatic carbocycles. The van der Waals surface area contributed by atoms with Crippen molar-refractivity contribution in [3.8, 4) is 0 Å². The van der Waals surface area contributed by atoms with Crippen molar-refractivity contribution >= 4 is 19.8 Å². The van der Waals surface area contributed by atoms with E-state index in [1.165, 1.54) is 89.5 Å². The van der Waals surface area contributed by atoms with Crippen LogP contribution in [0, 0.1) is 0 Å². The average Bonchev–Trinajstić information content (AvgIpc) is 3.21. The lowest BCUT2D eigenvalue weighted by atomic mass is 9.85. The van der Waals surface area contributed by atoms with Gasteiger partial charge in [0.05, 0.1) is 6.61 Å². The van der Waals surface area contributed by atoms with Gasteiger partial charge in [0.15, 0.2) is 6.10 Å². The van der Waals surface area contributed by atoms with Gasteiger partial charge in [-0.3, -0.25) is 13.8 Å². The molecule has 6 N–H and O–H groups in total. The number of phosphoric ester groups is 1. The van der Waals surface area contributed by atoms with Crippen LogP contribution in [0.1, 0.15) is 168 Å². The Balaban J connectivity index is 2.54. The largest absolute Gasteiger partial charge is 0.472 e. The third-order valence-electron chi connectivity index (χ3n) is 10.3. The van der Waals surface area contributed by atoms with Gasteiger partial charge < -0.3 is 39.9 Å². The Morgan fingerprint density at radius 1 is 0.559 bits per heavy atom. The van der Waals surface area contributed by atoms with Crippen molar-refractivity contribution < 1.29 is 63.1 Å². The molecule has 0 heterocycles. The molecule has 6 unspecified atom stereocenters. The number of esters is 2. The van der Waals surface area contributed by atoms with Crippen LogP contribution in [0.15, 0.2) is 48.6 Å². The molecule has 342 valence electrons. The molecule has 0 aromatic carbocycles. The van der Waals surface area contributed by atoms with Crippen LogP contribution >= 0.6 is 7.82 Å². The van der Waals surface area contributed by atoms with Crippen LogP contribution in [-0.2, 0) is 32.7 Å². The summed E-state index contributed by atoms with van der Waals surface area (Å²) in [4.78, 5) is 35.5. The van der Waals surface area contributed by atoms with Gasteiger partial charge in [-0.25, -0.2) is 9.36 Å². The molecule has 0 aromatic heterocycles. The van der Waals surface area contributed by atoms with Crippen LogP contribution < -0.4 is 0 Å². The van der Waals surface area contributed by atoms with E-state index in [4.69, 9.17) is 18.5 Å². The highest BCUT2D eigenvalue weighted by Gasteiger charge is 2.51. The Kier molecular flexibility index (Phi) is 32.9. The first-order valence-corrected chi connectivity index (χ1v) is 24.0. The van der Waals surface area contributed by atoms with E-state index in [0.717, 1.165) is 63.9 Å². The van der Waals surface area contributed by atoms with Crippen LogP contribution in [-0.4, -0.2) is 98.3 Å². The number of carbonyl (C=O) groups is 2. The van der Waals surface area contributed by atoms with E-state index in [1.54, 1.807) is 6.08 Å². The fourth-order valence-corrected chi connectivity index (χ4v) is 7.57. The van der Waals surface area contributed by atoms with Gasteiger partial charge in [0.1, 0.15) is 43.2 Å². The zero-order valence-electron chi connectivity index (χ0n) is 36.0. The van der Waals surface area contributed by atoms with Crippen LogP contribution in [0.4, 0.5) is 0 Å². The molecule has 0 amide bonds. The van der Waals surface area contributed by atoms with E-state index in [9.17, 15) is 44.6 Å². The summed E-state index contributed by atoms with van der Waals surface area (Å²) in [6.45, 7) is 3.16. The van der Waals surface area contributed by atoms with Crippen LogP contribution in [0.5, 0.6) is 0 Å². The highest BCUT2D eigenvalue weighted by Crippen LogP contribution is 2.47. The molecule has 0 aromatic rings. The Labute approximate surface area is 354 Å². The molecule has 1 saturated carbocycles. The molecule has 14 heteroatoms. The molecule has 1 aliphatic rings. The normalized spacial score (nSPS) is 22.8. The van der Waals surface area contributed by atoms with E-state index in [2.05, 4.69) is 38.2 Å². The molecule has 1 fully saturated rings. The lowest BCUT2D eigenvalue weighted by Gasteiger charge is -2.41. The number of aliphatic hydroxyl groups excluding tert-OH is 5. The molecule has 0 saturated heterocycles. The highest BCUT2D eigenvalue weighted by atomic mass is 31.2. The number of aliphatic hydroxyl groups is 5. The van der Waals surface area contributed by atoms with E-state index in [0.29, 0.717) is 6.42 Å². The monoisotopic (exact) mass is 859 g/mol. The van der Waals surface area contributed by atoms with Crippen molar-refractivity contribution in [1.82, 2.24) is 0 Å². The van der Waals surface area contributed by atoms with Gasteiger partial charge in [-0.05, 0) is 44.9 Å². The Hall–Kier alpha value is -2.19. The molecule has 59 heavy (non-hydrogen) atoms. The number of allylic oxidation sites excluding steroid dienone is 7. The first-order valence-electron chi connectivity index (χ1n) is 22.5. The number of unbranched alkanes of at least 4 members (excludes halogenated alkanes) is 20. The maximum absolute atomic E-state index is 12.8. The van der Waals surface area contributed by atoms with Gasteiger partial charge in [0.2, 0.25) is 0 Å². The minimum atomic E-state index is -5.15. The third kappa shape index (κ3) is 28.1. The molecule has 0 radical (unpaired) electrons. The quantitative estimate of drug-likeness (QED) is 0.0115. The lowest BCUT2D eigenvalue weighted by molar-refractivity contribution is -0.220. The SMILES string of the molecule is CCCCCC/C=C/C=C/CCCCCCCC(=O)OC[C@H](COP(=O)(O)OC1C(O)C(O)C(O)[C@@H](O)C1O)OC(=O)/C=C/C=C/CCCCCCCCCCCCC. The summed E-state index contributed by atoms with van der Waals surface area (Å²) in [6, 6.07) is 0. The van der Waals surface area contributed by atoms with Crippen molar-refractivity contribution in [1.29, 1.82) is 0 Å². The molecule has 1 rings (SSSR count). The van der Waals surface area contributed by atoms with Crippen LogP contribution in [0.25, 0.3) is 0 Å². The number of phosphoric acid groups is 1. The second-order valence-electron chi connectivity index (χ2n) is 15.7. The molecular formula is C45H79O13P. The number of carbonyl (C=O) groups excluding carboxylic acids is 2. The van der Waals surface area contributed by atoms with E-state index in [1.807, 2.05) is 6.08 Å². The zero-order valence-corrected chi connectivity index (χ0v) is 36.9. The smallest absolute Gasteiger partial charge is 0.462 e. The van der Waals surface area contributed by atoms with Crippen molar-refractivity contribution in [3.63, 3.8) is 0 Å². The van der Waals surface area contributed by atoms with Crippen molar-refractivity contribution in [2.75, 3.05) is 13.2 Å². The highest BCUT2D eigenvalue weighted by molar-refractivity contribution is 7.47. The standard InChI is InChI=1S/C45H79O13P/c1-3-5-7-9-11-13-15-17-19-21-23-25-27-29-31-33-38(46)55-35-37(36-56-59(53,54)58-45-43(51)41(49)40(48)42(50)44(45)52)57-39(47)34-32-30-28-26-24-22-20-18-16-14-12-10-8-6-4-2/h13,15,17,19,28,30,32,34,37,40-45,48-52H,3-12,14,16,18,20-27,29,31,33,35-36H2,1-2H3,(H,53,54)/b15-13+,19-17+,30-28+,34-32+/t37-,40?,41-,42?,43?,44?,45?/m1/s1. The fourth-order valence-electron chi connectivity index (χ4n) is 6.60. The first kappa shape index (κ1) is 54.8. The minimum absolute atomic E-state index is 0.129. The second kappa shape index (κ2) is 35.4. The number of hydrogen-bond acceptors (Lipinski definition) is 12. The molecule has 13 nitrogen and oxygen atoms in total. The maximum atomic E-state index is 12.8. The van der Waals surface area contributed by atoms with E-state index < -0.39 is 75.7 Å². The second-order valence-corrected chi connectivity index (χ2v) is 17.1. The van der Waals surface area contributed by atoms with Crippen LogP contribution in [0.3, 0.4) is 0 Å². The predicted octanol–water partition coefficient (Wildman–Crippen LogP) is 8.39. The van der Waals surface area contributed by atoms with Gasteiger partial charge in [-0.2, -0.15) is 0 Å². The molecule has 0 spiro atoms. The molecule has 0 aliphatic heterocycles. The van der Waals surface area contributed by atoms with Gasteiger partial charge in [0.25, 0.3) is 0 Å². The zero-order chi connectivity index (χ0) is 43.6. The molecule has 8 atom stereocenters. The van der Waals surface area contributed by atoms with Gasteiger partial charge >= 0.3 is 19.8 Å². The summed E-state index contributed by atoms with van der Waals surface area (Å²) < 4.78 is 33.3. The topological polar surface area (TPSA) is 210 Å². The summed E-state index contributed by atoms with van der Waals surface area (Å²) in [5.41, 5.74) is 0. The summed E-state index contributed by atoms with van der Waals surface area (Å²) in [5, 5.41) is 50.1. The third-order valence-corrected chi connectivity index (χ3v) is 11.3. The van der Waals surface area contributed by atoms with E-state index in [-0.39, 0.29) is 6.42 Å². The Morgan fingerprint density at radius 2 is 0.966 bits per heavy atom. The predicted molar refractivity (Wildman–Crippen MR) is 230 cm³/mol. The summed E-state index contributed by atoms with van der Waals surface area (Å²) in [7, 11) is -5.15. The lowest BCUT2D eigenvalue weighted by Crippen LogP contribution is -2.64. The van der Waals surface area contributed by atoms with Gasteiger partial charge in [0, 0.05) is 12.5 Å². The van der Waals surface area contributed by atoms with Crippen molar-refractivity contribution in [3.05, 3.63) is 48.6 Å². The van der Waals surface area contributed by atoms with Gasteiger partial charge in [-0.1, -0.05) is 159 Å².